The number of hydrogen-bond acceptors (Lipinski definition) is 4. The fourth-order valence-electron chi connectivity index (χ4n) is 5.40. The highest BCUT2D eigenvalue weighted by atomic mass is 28.3. The van der Waals surface area contributed by atoms with Gasteiger partial charge in [-0.3, -0.25) is 0 Å². The van der Waals surface area contributed by atoms with E-state index < -0.39 is 20.5 Å². The number of aromatic carboxylic acids is 1. The topological polar surface area (TPSA) is 85.8 Å². The summed E-state index contributed by atoms with van der Waals surface area (Å²) in [6.07, 6.45) is 5.00. The van der Waals surface area contributed by atoms with Crippen LogP contribution in [0.1, 0.15) is 40.7 Å². The maximum atomic E-state index is 11.4. The molecule has 32 heavy (non-hydrogen) atoms. The molecule has 1 saturated carbocycles. The number of H-pyrrole nitrogens is 1. The molecule has 2 heterocycles. The Morgan fingerprint density at radius 2 is 2.03 bits per heavy atom. The van der Waals surface area contributed by atoms with Crippen LogP contribution >= 0.6 is 0 Å². The van der Waals surface area contributed by atoms with Crippen LogP contribution in [0.3, 0.4) is 0 Å². The monoisotopic (exact) mass is 450 g/mol. The zero-order valence-corrected chi connectivity index (χ0v) is 19.8. The number of aryl methyl sites for hydroxylation is 1. The third kappa shape index (κ3) is 3.74. The van der Waals surface area contributed by atoms with Gasteiger partial charge in [0.25, 0.3) is 0 Å². The molecule has 3 N–H and O–H groups in total. The van der Waals surface area contributed by atoms with E-state index in [4.69, 9.17) is 4.74 Å². The highest BCUT2D eigenvalue weighted by Gasteiger charge is 2.49. The van der Waals surface area contributed by atoms with Gasteiger partial charge in [-0.1, -0.05) is 12.1 Å². The normalized spacial score (nSPS) is 24.0. The second-order valence-corrected chi connectivity index (χ2v) is 12.2. The molecule has 0 unspecified atom stereocenters. The van der Waals surface area contributed by atoms with Crippen LogP contribution in [-0.4, -0.2) is 53.9 Å². The fourth-order valence-corrected chi connectivity index (χ4v) is 9.00. The van der Waals surface area contributed by atoms with Crippen LogP contribution in [0.2, 0.25) is 6.04 Å². The Balaban J connectivity index is 1.52. The second-order valence-electron chi connectivity index (χ2n) is 9.39. The van der Waals surface area contributed by atoms with Gasteiger partial charge < -0.3 is 24.5 Å². The van der Waals surface area contributed by atoms with Crippen LogP contribution in [0.5, 0.6) is 5.75 Å². The van der Waals surface area contributed by atoms with E-state index in [0.717, 1.165) is 55.2 Å². The van der Waals surface area contributed by atoms with Crippen LogP contribution in [0.15, 0.2) is 42.6 Å². The number of methoxy groups -OCH3 is 1. The number of rotatable bonds is 6. The first-order chi connectivity index (χ1) is 15.4. The molecule has 168 valence electrons. The third-order valence-electron chi connectivity index (χ3n) is 7.39. The van der Waals surface area contributed by atoms with Gasteiger partial charge in [-0.05, 0) is 79.7 Å². The summed E-state index contributed by atoms with van der Waals surface area (Å²) < 4.78 is 8.33. The molecule has 1 saturated heterocycles. The summed E-state index contributed by atoms with van der Waals surface area (Å²) >= 11 is 0. The number of nitrogens with one attached hydrogen (secondary N) is 1. The molecule has 0 spiro atoms. The average Bonchev–Trinajstić information content (AvgIpc) is 3.54. The summed E-state index contributed by atoms with van der Waals surface area (Å²) in [4.78, 5) is 14.7. The van der Waals surface area contributed by atoms with E-state index in [1.165, 1.54) is 16.1 Å². The lowest BCUT2D eigenvalue weighted by Gasteiger charge is -2.44. The van der Waals surface area contributed by atoms with Gasteiger partial charge in [-0.2, -0.15) is 0 Å². The lowest BCUT2D eigenvalue weighted by atomic mass is 9.95. The van der Waals surface area contributed by atoms with E-state index in [0.29, 0.717) is 11.5 Å². The Labute approximate surface area is 189 Å². The summed E-state index contributed by atoms with van der Waals surface area (Å²) in [6.45, 7) is 3.69. The molecule has 3 aromatic rings. The Morgan fingerprint density at radius 3 is 2.69 bits per heavy atom. The first-order valence-electron chi connectivity index (χ1n) is 11.3. The molecule has 1 aliphatic carbocycles. The summed E-state index contributed by atoms with van der Waals surface area (Å²) in [5.41, 5.74) is 3.18. The maximum Gasteiger partial charge on any atom is 0.335 e. The van der Waals surface area contributed by atoms with Crippen LogP contribution in [-0.2, 0) is 6.54 Å². The van der Waals surface area contributed by atoms with Crippen molar-refractivity contribution in [3.8, 4) is 5.75 Å². The third-order valence-corrected chi connectivity index (χ3v) is 11.0. The summed E-state index contributed by atoms with van der Waals surface area (Å²) in [7, 11) is -0.0223. The number of nitrogens with zero attached hydrogens (tertiary/aromatic N) is 1. The van der Waals surface area contributed by atoms with E-state index in [1.54, 1.807) is 19.2 Å². The molecule has 2 fully saturated rings. The van der Waals surface area contributed by atoms with Crippen molar-refractivity contribution in [1.82, 2.24) is 9.55 Å². The molecule has 0 amide bonds. The van der Waals surface area contributed by atoms with Crippen molar-refractivity contribution in [2.75, 3.05) is 13.7 Å². The number of ether oxygens (including phenoxy) is 1. The Kier molecular flexibility index (Phi) is 5.35. The first-order valence-corrected chi connectivity index (χ1v) is 13.2. The van der Waals surface area contributed by atoms with E-state index in [-0.39, 0.29) is 0 Å². The van der Waals surface area contributed by atoms with E-state index in [9.17, 15) is 15.0 Å². The predicted octanol–water partition coefficient (Wildman–Crippen LogP) is 3.16. The predicted molar refractivity (Wildman–Crippen MR) is 127 cm³/mol. The van der Waals surface area contributed by atoms with Crippen molar-refractivity contribution in [3.05, 3.63) is 59.3 Å². The van der Waals surface area contributed by atoms with Crippen LogP contribution in [0.25, 0.3) is 10.9 Å². The van der Waals surface area contributed by atoms with Crippen LogP contribution in [0.4, 0.5) is 0 Å². The van der Waals surface area contributed by atoms with Gasteiger partial charge in [0.05, 0.1) is 18.3 Å². The van der Waals surface area contributed by atoms with E-state index >= 15 is 0 Å². The lowest BCUT2D eigenvalue weighted by Crippen LogP contribution is -2.58. The molecule has 5 rings (SSSR count). The molecule has 0 radical (unpaired) electrons. The molecule has 0 bridgehead atoms. The molecule has 6 nitrogen and oxygen atoms in total. The van der Waals surface area contributed by atoms with Gasteiger partial charge >= 0.3 is 5.97 Å². The minimum absolute atomic E-state index is 0.303. The van der Waals surface area contributed by atoms with E-state index in [1.807, 2.05) is 18.3 Å². The number of carboxylic acid groups (broad SMARTS) is 1. The van der Waals surface area contributed by atoms with Gasteiger partial charge in [0.15, 0.2) is 0 Å². The van der Waals surface area contributed by atoms with Crippen molar-refractivity contribution in [1.29, 1.82) is 0 Å². The highest BCUT2D eigenvalue weighted by molar-refractivity contribution is 6.71. The van der Waals surface area contributed by atoms with Crippen molar-refractivity contribution in [2.45, 2.75) is 44.4 Å². The number of aromatic nitrogens is 1. The summed E-state index contributed by atoms with van der Waals surface area (Å²) in [5, 5.41) is 23.1. The van der Waals surface area contributed by atoms with Gasteiger partial charge in [0.2, 0.25) is 0 Å². The summed E-state index contributed by atoms with van der Waals surface area (Å²) in [6, 6.07) is 12.3. The highest BCUT2D eigenvalue weighted by Crippen LogP contribution is 2.46. The Hall–Kier alpha value is -2.61. The number of aliphatic hydroxyl groups is 1. The van der Waals surface area contributed by atoms with Gasteiger partial charge in [-0.15, -0.1) is 0 Å². The number of hydrogen-bond donors (Lipinski definition) is 3. The minimum atomic E-state index is -1.74. The zero-order valence-electron chi connectivity index (χ0n) is 18.6. The molecule has 1 aromatic heterocycles. The van der Waals surface area contributed by atoms with Gasteiger partial charge in [-0.25, -0.2) is 4.79 Å². The molecular weight excluding hydrogens is 420 g/mol. The minimum Gasteiger partial charge on any atom is -0.496 e. The number of aromatic amines is 1. The maximum absolute atomic E-state index is 11.4. The van der Waals surface area contributed by atoms with Crippen molar-refractivity contribution in [3.63, 3.8) is 0 Å². The molecule has 2 atom stereocenters. The first kappa shape index (κ1) is 21.2. The van der Waals surface area contributed by atoms with Crippen molar-refractivity contribution >= 4 is 31.0 Å². The largest absolute Gasteiger partial charge is 0.496 e. The van der Waals surface area contributed by atoms with Gasteiger partial charge in [0, 0.05) is 29.2 Å². The fraction of sp³-hybridized carbons (Fsp3) is 0.400. The SMILES string of the molecule is COc1cc(C)c2[nH]ccc2c1CN1CC[C@@](O)(C2CC2)C[Si@H]1c1ccc(C(=O)O)cc1. The zero-order chi connectivity index (χ0) is 22.5. The molecule has 7 heteroatoms. The van der Waals surface area contributed by atoms with Crippen LogP contribution in [0, 0.1) is 12.8 Å². The molecule has 2 aromatic carbocycles. The van der Waals surface area contributed by atoms with Crippen LogP contribution < -0.4 is 9.92 Å². The quantitative estimate of drug-likeness (QED) is 0.502. The smallest absolute Gasteiger partial charge is 0.335 e. The molecular formula is C25H30N2O4Si. The van der Waals surface area contributed by atoms with Crippen molar-refractivity contribution in [2.24, 2.45) is 5.92 Å². The molecule has 1 aliphatic heterocycles. The number of fused-ring (bicyclic) bond motifs is 1. The van der Waals surface area contributed by atoms with Gasteiger partial charge in [0.1, 0.15) is 14.7 Å². The second kappa shape index (κ2) is 8.06. The Bertz CT molecular complexity index is 1150. The van der Waals surface area contributed by atoms with Crippen molar-refractivity contribution < 1.29 is 19.7 Å². The average molecular weight is 451 g/mol. The molecule has 2 aliphatic rings. The number of benzene rings is 2. The lowest BCUT2D eigenvalue weighted by molar-refractivity contribution is 0.0116. The standard InChI is InChI=1S/C25H30N2O4Si/c1-16-13-22(31-2)21(20-9-11-26-23(16)20)14-27-12-10-25(30,18-5-6-18)15-32(27)19-7-3-17(4-8-19)24(28)29/h3-4,7-9,11,13,18,26,30,32H,5-6,10,12,14-15H2,1-2H3,(H,28,29)/t25-,32-/m0/s1. The van der Waals surface area contributed by atoms with E-state index in [2.05, 4.69) is 28.6 Å². The number of carbonyl (C=O) groups is 1. The number of carboxylic acids is 1. The Morgan fingerprint density at radius 1 is 1.28 bits per heavy atom. The summed E-state index contributed by atoms with van der Waals surface area (Å²) in [5.74, 6) is 0.405.